The molecular weight excluding hydrogens is 314 g/mol. The number of aliphatic hydroxyl groups is 1. The topological polar surface area (TPSA) is 58.4 Å². The van der Waals surface area contributed by atoms with Gasteiger partial charge in [0.25, 0.3) is 5.91 Å². The molecule has 0 radical (unpaired) electrons. The molecule has 5 nitrogen and oxygen atoms in total. The van der Waals surface area contributed by atoms with Gasteiger partial charge in [-0.15, -0.1) is 0 Å². The fourth-order valence-electron chi connectivity index (χ4n) is 2.90. The summed E-state index contributed by atoms with van der Waals surface area (Å²) in [7, 11) is 0. The number of carbonyl (C=O) groups excluding carboxylic acids is 1. The Morgan fingerprint density at radius 2 is 1.84 bits per heavy atom. The van der Waals surface area contributed by atoms with Gasteiger partial charge in [-0.05, 0) is 56.0 Å². The fourth-order valence-corrected chi connectivity index (χ4v) is 2.90. The number of carbonyl (C=O) groups is 1. The smallest absolute Gasteiger partial charge is 0.253 e. The highest BCUT2D eigenvalue weighted by Crippen LogP contribution is 2.19. The SMILES string of the molecule is Cc1cc(C)n(-c2ccc(C(=O)N(CCCO)CC(C)(C)C)cc2)n1. The Morgan fingerprint density at radius 1 is 1.20 bits per heavy atom. The second-order valence-electron chi connectivity index (χ2n) is 7.75. The molecule has 0 saturated carbocycles. The largest absolute Gasteiger partial charge is 0.396 e. The van der Waals surface area contributed by atoms with Crippen LogP contribution in [0, 0.1) is 19.3 Å². The molecule has 0 aliphatic carbocycles. The lowest BCUT2D eigenvalue weighted by Gasteiger charge is -2.30. The number of hydrogen-bond acceptors (Lipinski definition) is 3. The summed E-state index contributed by atoms with van der Waals surface area (Å²) in [4.78, 5) is 14.7. The molecule has 1 N–H and O–H groups in total. The molecule has 1 amide bonds. The summed E-state index contributed by atoms with van der Waals surface area (Å²) in [5.74, 6) is 0.00305. The van der Waals surface area contributed by atoms with E-state index in [1.807, 2.05) is 53.8 Å². The van der Waals surface area contributed by atoms with Gasteiger partial charge < -0.3 is 10.0 Å². The summed E-state index contributed by atoms with van der Waals surface area (Å²) in [6.45, 7) is 11.6. The molecular formula is C20H29N3O2. The van der Waals surface area contributed by atoms with E-state index < -0.39 is 0 Å². The summed E-state index contributed by atoms with van der Waals surface area (Å²) in [6.07, 6.45) is 0.589. The first-order valence-electron chi connectivity index (χ1n) is 8.75. The summed E-state index contributed by atoms with van der Waals surface area (Å²) < 4.78 is 1.88. The zero-order valence-electron chi connectivity index (χ0n) is 15.9. The van der Waals surface area contributed by atoms with Crippen LogP contribution in [-0.2, 0) is 0 Å². The van der Waals surface area contributed by atoms with Crippen molar-refractivity contribution in [1.82, 2.24) is 14.7 Å². The minimum atomic E-state index is 0.00305. The van der Waals surface area contributed by atoms with Crippen LogP contribution in [0.4, 0.5) is 0 Å². The van der Waals surface area contributed by atoms with Crippen molar-refractivity contribution in [2.75, 3.05) is 19.7 Å². The van der Waals surface area contributed by atoms with Gasteiger partial charge >= 0.3 is 0 Å². The molecule has 0 bridgehead atoms. The third-order valence-corrected chi connectivity index (χ3v) is 3.91. The Morgan fingerprint density at radius 3 is 2.32 bits per heavy atom. The Hall–Kier alpha value is -2.14. The number of nitrogens with zero attached hydrogens (tertiary/aromatic N) is 3. The van der Waals surface area contributed by atoms with Crippen LogP contribution in [0.15, 0.2) is 30.3 Å². The molecule has 0 spiro atoms. The molecule has 0 atom stereocenters. The van der Waals surface area contributed by atoms with Crippen molar-refractivity contribution in [3.8, 4) is 5.69 Å². The van der Waals surface area contributed by atoms with Gasteiger partial charge in [0, 0.05) is 31.0 Å². The van der Waals surface area contributed by atoms with E-state index in [4.69, 9.17) is 5.11 Å². The molecule has 2 aromatic rings. The van der Waals surface area contributed by atoms with Crippen LogP contribution in [0.1, 0.15) is 48.9 Å². The van der Waals surface area contributed by atoms with Crippen LogP contribution >= 0.6 is 0 Å². The number of aryl methyl sites for hydroxylation is 2. The van der Waals surface area contributed by atoms with Gasteiger partial charge in [-0.25, -0.2) is 4.68 Å². The normalized spacial score (nSPS) is 11.6. The molecule has 2 rings (SSSR count). The van der Waals surface area contributed by atoms with E-state index in [0.29, 0.717) is 25.1 Å². The van der Waals surface area contributed by atoms with Crippen LogP contribution in [0.25, 0.3) is 5.69 Å². The second kappa shape index (κ2) is 7.83. The number of rotatable bonds is 6. The molecule has 1 aromatic carbocycles. The van der Waals surface area contributed by atoms with E-state index in [1.165, 1.54) is 0 Å². The number of hydrogen-bond donors (Lipinski definition) is 1. The molecule has 0 unspecified atom stereocenters. The number of benzene rings is 1. The first-order chi connectivity index (χ1) is 11.7. The molecule has 1 heterocycles. The Kier molecular flexibility index (Phi) is 6.01. The monoisotopic (exact) mass is 343 g/mol. The molecule has 136 valence electrons. The Balaban J connectivity index is 2.20. The van der Waals surface area contributed by atoms with E-state index in [1.54, 1.807) is 0 Å². The van der Waals surface area contributed by atoms with Gasteiger partial charge in [-0.1, -0.05) is 20.8 Å². The minimum Gasteiger partial charge on any atom is -0.396 e. The van der Waals surface area contributed by atoms with Crippen molar-refractivity contribution in [2.45, 2.75) is 41.0 Å². The van der Waals surface area contributed by atoms with Crippen molar-refractivity contribution in [2.24, 2.45) is 5.41 Å². The van der Waals surface area contributed by atoms with Gasteiger partial charge in [0.1, 0.15) is 0 Å². The van der Waals surface area contributed by atoms with E-state index >= 15 is 0 Å². The molecule has 0 fully saturated rings. The van der Waals surface area contributed by atoms with Crippen LogP contribution in [0.5, 0.6) is 0 Å². The van der Waals surface area contributed by atoms with Gasteiger partial charge in [0.2, 0.25) is 0 Å². The van der Waals surface area contributed by atoms with Crippen molar-refractivity contribution in [3.05, 3.63) is 47.3 Å². The third kappa shape index (κ3) is 5.16. The third-order valence-electron chi connectivity index (χ3n) is 3.91. The van der Waals surface area contributed by atoms with E-state index in [2.05, 4.69) is 25.9 Å². The zero-order valence-corrected chi connectivity index (χ0v) is 15.9. The van der Waals surface area contributed by atoms with Crippen molar-refractivity contribution in [1.29, 1.82) is 0 Å². The van der Waals surface area contributed by atoms with E-state index in [9.17, 15) is 4.79 Å². The number of amides is 1. The van der Waals surface area contributed by atoms with Gasteiger partial charge in [-0.2, -0.15) is 5.10 Å². The Labute approximate surface area is 150 Å². The maximum atomic E-state index is 12.9. The molecule has 25 heavy (non-hydrogen) atoms. The van der Waals surface area contributed by atoms with E-state index in [-0.39, 0.29) is 17.9 Å². The first-order valence-corrected chi connectivity index (χ1v) is 8.75. The van der Waals surface area contributed by atoms with Crippen molar-refractivity contribution in [3.63, 3.8) is 0 Å². The van der Waals surface area contributed by atoms with Gasteiger partial charge in [0.15, 0.2) is 0 Å². The van der Waals surface area contributed by atoms with Crippen molar-refractivity contribution >= 4 is 5.91 Å². The summed E-state index contributed by atoms with van der Waals surface area (Å²) in [5, 5.41) is 13.6. The maximum Gasteiger partial charge on any atom is 0.253 e. The molecule has 1 aromatic heterocycles. The lowest BCUT2D eigenvalue weighted by molar-refractivity contribution is 0.0682. The molecule has 0 aliphatic heterocycles. The predicted molar refractivity (Wildman–Crippen MR) is 100 cm³/mol. The van der Waals surface area contributed by atoms with Gasteiger partial charge in [-0.3, -0.25) is 4.79 Å². The summed E-state index contributed by atoms with van der Waals surface area (Å²) >= 11 is 0. The average molecular weight is 343 g/mol. The number of aromatic nitrogens is 2. The minimum absolute atomic E-state index is 0.00305. The van der Waals surface area contributed by atoms with Crippen LogP contribution in [0.3, 0.4) is 0 Å². The Bertz CT molecular complexity index is 712. The van der Waals surface area contributed by atoms with Crippen LogP contribution in [0.2, 0.25) is 0 Å². The maximum absolute atomic E-state index is 12.9. The zero-order chi connectivity index (χ0) is 18.6. The van der Waals surface area contributed by atoms with Crippen LogP contribution < -0.4 is 0 Å². The van der Waals surface area contributed by atoms with Gasteiger partial charge in [0.05, 0.1) is 11.4 Å². The fraction of sp³-hybridized carbons (Fsp3) is 0.500. The molecule has 0 saturated heterocycles. The predicted octanol–water partition coefficient (Wildman–Crippen LogP) is 3.36. The second-order valence-corrected chi connectivity index (χ2v) is 7.75. The first kappa shape index (κ1) is 19.2. The quantitative estimate of drug-likeness (QED) is 0.875. The van der Waals surface area contributed by atoms with Crippen LogP contribution in [-0.4, -0.2) is 45.4 Å². The average Bonchev–Trinajstić information content (AvgIpc) is 2.88. The molecule has 5 heteroatoms. The van der Waals surface area contributed by atoms with Crippen molar-refractivity contribution < 1.29 is 9.90 Å². The highest BCUT2D eigenvalue weighted by atomic mass is 16.3. The number of aliphatic hydroxyl groups excluding tert-OH is 1. The standard InChI is InChI=1S/C20H29N3O2/c1-15-13-16(2)23(21-15)18-9-7-17(8-10-18)19(25)22(11-6-12-24)14-20(3,4)5/h7-10,13,24H,6,11-12,14H2,1-5H3. The summed E-state index contributed by atoms with van der Waals surface area (Å²) in [5.41, 5.74) is 3.65. The lowest BCUT2D eigenvalue weighted by atomic mass is 9.95. The lowest BCUT2D eigenvalue weighted by Crippen LogP contribution is -2.38. The summed E-state index contributed by atoms with van der Waals surface area (Å²) in [6, 6.07) is 9.58. The highest BCUT2D eigenvalue weighted by Gasteiger charge is 2.22. The molecule has 0 aliphatic rings. The highest BCUT2D eigenvalue weighted by molar-refractivity contribution is 5.94. The van der Waals surface area contributed by atoms with E-state index in [0.717, 1.165) is 17.1 Å².